The standard InChI is InChI=1S/C12H13IO3/c13-8-15-12(14)16-11-7-3-5-9-4-1-2-6-10(9)11/h1-2,4,6,11H,3,5,7-8H2/t11-/m1/s1. The first-order valence-electron chi connectivity index (χ1n) is 5.28. The van der Waals surface area contributed by atoms with Crippen molar-refractivity contribution in [2.24, 2.45) is 0 Å². The van der Waals surface area contributed by atoms with E-state index in [9.17, 15) is 4.79 Å². The summed E-state index contributed by atoms with van der Waals surface area (Å²) in [6.07, 6.45) is 2.29. The van der Waals surface area contributed by atoms with Crippen LogP contribution in [-0.2, 0) is 15.9 Å². The average Bonchev–Trinajstić information content (AvgIpc) is 2.30. The molecule has 0 amide bonds. The van der Waals surface area contributed by atoms with Crippen LogP contribution in [0.25, 0.3) is 0 Å². The zero-order valence-corrected chi connectivity index (χ0v) is 11.0. The molecule has 0 aliphatic heterocycles. The van der Waals surface area contributed by atoms with Gasteiger partial charge >= 0.3 is 6.16 Å². The number of hydrogen-bond acceptors (Lipinski definition) is 3. The summed E-state index contributed by atoms with van der Waals surface area (Å²) in [6, 6.07) is 8.11. The third-order valence-corrected chi connectivity index (χ3v) is 3.04. The second-order valence-corrected chi connectivity index (χ2v) is 4.32. The quantitative estimate of drug-likeness (QED) is 0.472. The Bertz CT molecular complexity index is 378. The predicted molar refractivity (Wildman–Crippen MR) is 68.6 cm³/mol. The lowest BCUT2D eigenvalue weighted by Crippen LogP contribution is -2.17. The van der Waals surface area contributed by atoms with Gasteiger partial charge in [0.2, 0.25) is 0 Å². The van der Waals surface area contributed by atoms with Crippen LogP contribution in [0.4, 0.5) is 4.79 Å². The molecule has 3 nitrogen and oxygen atoms in total. The number of ether oxygens (including phenoxy) is 2. The van der Waals surface area contributed by atoms with E-state index in [1.165, 1.54) is 5.56 Å². The third kappa shape index (κ3) is 2.66. The van der Waals surface area contributed by atoms with Crippen molar-refractivity contribution < 1.29 is 14.3 Å². The van der Waals surface area contributed by atoms with Gasteiger partial charge in [-0.1, -0.05) is 24.3 Å². The molecule has 0 N–H and O–H groups in total. The van der Waals surface area contributed by atoms with Gasteiger partial charge in [-0.15, -0.1) is 0 Å². The van der Waals surface area contributed by atoms with Gasteiger partial charge in [-0.25, -0.2) is 4.79 Å². The molecule has 0 spiro atoms. The Morgan fingerprint density at radius 3 is 3.06 bits per heavy atom. The highest BCUT2D eigenvalue weighted by atomic mass is 127. The fourth-order valence-electron chi connectivity index (χ4n) is 2.03. The zero-order valence-electron chi connectivity index (χ0n) is 8.82. The number of alkyl halides is 1. The van der Waals surface area contributed by atoms with Crippen LogP contribution in [0.1, 0.15) is 30.1 Å². The van der Waals surface area contributed by atoms with Crippen LogP contribution in [0.5, 0.6) is 0 Å². The highest BCUT2D eigenvalue weighted by molar-refractivity contribution is 14.1. The second-order valence-electron chi connectivity index (χ2n) is 3.70. The number of aryl methyl sites for hydroxylation is 1. The van der Waals surface area contributed by atoms with Crippen LogP contribution < -0.4 is 0 Å². The molecule has 16 heavy (non-hydrogen) atoms. The summed E-state index contributed by atoms with van der Waals surface area (Å²) in [4.78, 5) is 11.3. The van der Waals surface area contributed by atoms with E-state index in [1.54, 1.807) is 0 Å². The fraction of sp³-hybridized carbons (Fsp3) is 0.417. The number of carbonyl (C=O) groups is 1. The summed E-state index contributed by atoms with van der Waals surface area (Å²) in [7, 11) is 0. The van der Waals surface area contributed by atoms with Crippen LogP contribution in [0.3, 0.4) is 0 Å². The maximum atomic E-state index is 11.3. The van der Waals surface area contributed by atoms with E-state index < -0.39 is 6.16 Å². The fourth-order valence-corrected chi connectivity index (χ4v) is 2.28. The maximum absolute atomic E-state index is 11.3. The van der Waals surface area contributed by atoms with Crippen molar-refractivity contribution >= 4 is 28.7 Å². The highest BCUT2D eigenvalue weighted by Crippen LogP contribution is 2.32. The molecule has 0 saturated carbocycles. The molecule has 0 radical (unpaired) electrons. The number of benzene rings is 1. The van der Waals surface area contributed by atoms with Crippen molar-refractivity contribution in [2.45, 2.75) is 25.4 Å². The normalized spacial score (nSPS) is 18.7. The molecule has 0 fully saturated rings. The van der Waals surface area contributed by atoms with Gasteiger partial charge in [0.25, 0.3) is 0 Å². The Morgan fingerprint density at radius 2 is 2.25 bits per heavy atom. The molecule has 4 heteroatoms. The first-order valence-corrected chi connectivity index (χ1v) is 6.81. The molecule has 1 aromatic rings. The predicted octanol–water partition coefficient (Wildman–Crippen LogP) is 3.61. The molecule has 1 aliphatic rings. The van der Waals surface area contributed by atoms with Crippen LogP contribution in [0.2, 0.25) is 0 Å². The van der Waals surface area contributed by atoms with Crippen molar-refractivity contribution in [3.05, 3.63) is 35.4 Å². The SMILES string of the molecule is O=C(OCI)O[C@@H]1CCCc2ccccc21. The molecule has 86 valence electrons. The summed E-state index contributed by atoms with van der Waals surface area (Å²) in [5.41, 5.74) is 2.40. The topological polar surface area (TPSA) is 35.5 Å². The van der Waals surface area contributed by atoms with E-state index in [0.29, 0.717) is 4.61 Å². The molecule has 1 atom stereocenters. The number of rotatable bonds is 2. The molecule has 0 heterocycles. The van der Waals surface area contributed by atoms with Crippen LogP contribution >= 0.6 is 22.6 Å². The molecule has 1 aromatic carbocycles. The molecule has 0 bridgehead atoms. The van der Waals surface area contributed by atoms with Crippen LogP contribution in [0, 0.1) is 0 Å². The Labute approximate surface area is 108 Å². The van der Waals surface area contributed by atoms with Gasteiger partial charge in [-0.2, -0.15) is 0 Å². The Kier molecular flexibility index (Phi) is 4.04. The van der Waals surface area contributed by atoms with Crippen molar-refractivity contribution in [3.63, 3.8) is 0 Å². The number of fused-ring (bicyclic) bond motifs is 1. The molecular formula is C12H13IO3. The monoisotopic (exact) mass is 332 g/mol. The van der Waals surface area contributed by atoms with Gasteiger partial charge in [0.05, 0.1) is 0 Å². The van der Waals surface area contributed by atoms with Gasteiger partial charge in [0, 0.05) is 0 Å². The number of halogens is 1. The number of carbonyl (C=O) groups excluding carboxylic acids is 1. The Morgan fingerprint density at radius 1 is 1.44 bits per heavy atom. The zero-order chi connectivity index (χ0) is 11.4. The summed E-state index contributed by atoms with van der Waals surface area (Å²) in [5, 5.41) is 0. The van der Waals surface area contributed by atoms with E-state index in [2.05, 4.69) is 6.07 Å². The van der Waals surface area contributed by atoms with E-state index in [1.807, 2.05) is 40.8 Å². The van der Waals surface area contributed by atoms with Crippen LogP contribution in [-0.4, -0.2) is 10.8 Å². The highest BCUT2D eigenvalue weighted by Gasteiger charge is 2.23. The lowest BCUT2D eigenvalue weighted by atomic mass is 9.89. The van der Waals surface area contributed by atoms with Gasteiger partial charge in [-0.3, -0.25) is 0 Å². The third-order valence-electron chi connectivity index (χ3n) is 2.73. The first kappa shape index (κ1) is 11.7. The molecule has 2 rings (SSSR count). The van der Waals surface area contributed by atoms with E-state index in [0.717, 1.165) is 24.8 Å². The minimum Gasteiger partial charge on any atom is -0.426 e. The lowest BCUT2D eigenvalue weighted by molar-refractivity contribution is 0.0285. The minimum atomic E-state index is -0.573. The van der Waals surface area contributed by atoms with Crippen molar-refractivity contribution in [1.82, 2.24) is 0 Å². The first-order chi connectivity index (χ1) is 7.81. The molecule has 1 aliphatic carbocycles. The molecular weight excluding hydrogens is 319 g/mol. The Hall–Kier alpha value is -0.780. The maximum Gasteiger partial charge on any atom is 0.509 e. The van der Waals surface area contributed by atoms with Crippen molar-refractivity contribution in [2.75, 3.05) is 4.61 Å². The van der Waals surface area contributed by atoms with Gasteiger partial charge in [-0.05, 0) is 53.0 Å². The summed E-state index contributed by atoms with van der Waals surface area (Å²) < 4.78 is 10.4. The largest absolute Gasteiger partial charge is 0.509 e. The molecule has 0 aromatic heterocycles. The smallest absolute Gasteiger partial charge is 0.426 e. The summed E-state index contributed by atoms with van der Waals surface area (Å²) >= 11 is 1.97. The second kappa shape index (κ2) is 5.52. The lowest BCUT2D eigenvalue weighted by Gasteiger charge is -2.24. The van der Waals surface area contributed by atoms with Gasteiger partial charge < -0.3 is 9.47 Å². The molecule has 0 unspecified atom stereocenters. The van der Waals surface area contributed by atoms with Crippen LogP contribution in [0.15, 0.2) is 24.3 Å². The summed E-state index contributed by atoms with van der Waals surface area (Å²) in [5.74, 6) is 0. The molecule has 0 saturated heterocycles. The summed E-state index contributed by atoms with van der Waals surface area (Å²) in [6.45, 7) is 0. The number of hydrogen-bond donors (Lipinski definition) is 0. The Balaban J connectivity index is 2.10. The van der Waals surface area contributed by atoms with E-state index in [4.69, 9.17) is 9.47 Å². The van der Waals surface area contributed by atoms with E-state index >= 15 is 0 Å². The van der Waals surface area contributed by atoms with E-state index in [-0.39, 0.29) is 6.10 Å². The van der Waals surface area contributed by atoms with Gasteiger partial charge in [0.1, 0.15) is 10.7 Å². The van der Waals surface area contributed by atoms with Gasteiger partial charge in [0.15, 0.2) is 0 Å². The van der Waals surface area contributed by atoms with Crippen molar-refractivity contribution in [3.8, 4) is 0 Å². The van der Waals surface area contributed by atoms with Crippen molar-refractivity contribution in [1.29, 1.82) is 0 Å². The average molecular weight is 332 g/mol. The minimum absolute atomic E-state index is 0.139.